The number of methoxy groups -OCH3 is 1. The van der Waals surface area contributed by atoms with E-state index < -0.39 is 0 Å². The number of halogens is 1. The Labute approximate surface area is 83.1 Å². The number of benzene rings is 1. The van der Waals surface area contributed by atoms with Crippen LogP contribution in [0.4, 0.5) is 4.39 Å². The van der Waals surface area contributed by atoms with Gasteiger partial charge in [0.1, 0.15) is 0 Å². The van der Waals surface area contributed by atoms with Gasteiger partial charge in [0.25, 0.3) is 0 Å². The molecular formula is C10H15FN2O. The maximum atomic E-state index is 13.3. The fraction of sp³-hybridized carbons (Fsp3) is 0.400. The molecule has 0 spiro atoms. The molecule has 1 aromatic rings. The molecule has 0 radical (unpaired) electrons. The SMILES string of the molecule is CNC(CN)c1ccc(OC)c(F)c1. The highest BCUT2D eigenvalue weighted by Gasteiger charge is 2.10. The smallest absolute Gasteiger partial charge is 0.165 e. The van der Waals surface area contributed by atoms with Gasteiger partial charge in [-0.25, -0.2) is 4.39 Å². The summed E-state index contributed by atoms with van der Waals surface area (Å²) in [6, 6.07) is 4.82. The molecule has 0 aliphatic heterocycles. The van der Waals surface area contributed by atoms with Crippen LogP contribution in [0.15, 0.2) is 18.2 Å². The van der Waals surface area contributed by atoms with Crippen molar-refractivity contribution in [3.63, 3.8) is 0 Å². The largest absolute Gasteiger partial charge is 0.494 e. The van der Waals surface area contributed by atoms with E-state index in [1.165, 1.54) is 13.2 Å². The van der Waals surface area contributed by atoms with E-state index in [9.17, 15) is 4.39 Å². The molecule has 0 saturated carbocycles. The number of nitrogens with two attached hydrogens (primary N) is 1. The molecule has 1 atom stereocenters. The van der Waals surface area contributed by atoms with Crippen molar-refractivity contribution in [1.82, 2.24) is 5.32 Å². The molecule has 78 valence electrons. The third-order valence-corrected chi connectivity index (χ3v) is 2.16. The summed E-state index contributed by atoms with van der Waals surface area (Å²) in [6.07, 6.45) is 0. The quantitative estimate of drug-likeness (QED) is 0.760. The molecular weight excluding hydrogens is 183 g/mol. The van der Waals surface area contributed by atoms with Crippen LogP contribution < -0.4 is 15.8 Å². The fourth-order valence-corrected chi connectivity index (χ4v) is 1.32. The minimum Gasteiger partial charge on any atom is -0.494 e. The Balaban J connectivity index is 2.95. The van der Waals surface area contributed by atoms with Gasteiger partial charge >= 0.3 is 0 Å². The zero-order valence-corrected chi connectivity index (χ0v) is 8.38. The van der Waals surface area contributed by atoms with Crippen molar-refractivity contribution in [3.05, 3.63) is 29.6 Å². The molecule has 14 heavy (non-hydrogen) atoms. The first-order valence-electron chi connectivity index (χ1n) is 4.43. The summed E-state index contributed by atoms with van der Waals surface area (Å²) in [7, 11) is 3.23. The van der Waals surface area contributed by atoms with Crippen LogP contribution in [0.1, 0.15) is 11.6 Å². The molecule has 0 aromatic heterocycles. The average molecular weight is 198 g/mol. The Morgan fingerprint density at radius 2 is 2.29 bits per heavy atom. The van der Waals surface area contributed by atoms with E-state index in [-0.39, 0.29) is 17.6 Å². The molecule has 0 aliphatic carbocycles. The van der Waals surface area contributed by atoms with Crippen molar-refractivity contribution in [1.29, 1.82) is 0 Å². The van der Waals surface area contributed by atoms with Crippen LogP contribution in [0, 0.1) is 5.82 Å². The summed E-state index contributed by atoms with van der Waals surface area (Å²) >= 11 is 0. The topological polar surface area (TPSA) is 47.3 Å². The zero-order chi connectivity index (χ0) is 10.6. The number of likely N-dealkylation sites (N-methyl/N-ethyl adjacent to an activating group) is 1. The van der Waals surface area contributed by atoms with E-state index in [2.05, 4.69) is 5.32 Å². The van der Waals surface area contributed by atoms with Gasteiger partial charge in [-0.2, -0.15) is 0 Å². The summed E-state index contributed by atoms with van der Waals surface area (Å²) in [6.45, 7) is 0.433. The number of hydrogen-bond donors (Lipinski definition) is 2. The maximum Gasteiger partial charge on any atom is 0.165 e. The number of ether oxygens (including phenoxy) is 1. The molecule has 0 bridgehead atoms. The molecule has 0 saturated heterocycles. The second-order valence-electron chi connectivity index (χ2n) is 2.97. The van der Waals surface area contributed by atoms with Crippen molar-refractivity contribution in [2.45, 2.75) is 6.04 Å². The minimum absolute atomic E-state index is 0.0181. The summed E-state index contributed by atoms with van der Waals surface area (Å²) in [5.41, 5.74) is 6.35. The van der Waals surface area contributed by atoms with Gasteiger partial charge in [0, 0.05) is 12.6 Å². The molecule has 3 nitrogen and oxygen atoms in total. The van der Waals surface area contributed by atoms with Crippen LogP contribution in [-0.2, 0) is 0 Å². The molecule has 1 unspecified atom stereocenters. The van der Waals surface area contributed by atoms with E-state index in [0.29, 0.717) is 6.54 Å². The van der Waals surface area contributed by atoms with Crippen LogP contribution >= 0.6 is 0 Å². The van der Waals surface area contributed by atoms with E-state index in [1.54, 1.807) is 19.2 Å². The molecule has 0 heterocycles. The van der Waals surface area contributed by atoms with E-state index >= 15 is 0 Å². The molecule has 0 fully saturated rings. The predicted octanol–water partition coefficient (Wildman–Crippen LogP) is 1.05. The zero-order valence-electron chi connectivity index (χ0n) is 8.38. The summed E-state index contributed by atoms with van der Waals surface area (Å²) < 4.78 is 18.1. The Morgan fingerprint density at radius 3 is 2.71 bits per heavy atom. The minimum atomic E-state index is -0.362. The van der Waals surface area contributed by atoms with Crippen molar-refractivity contribution >= 4 is 0 Å². The van der Waals surface area contributed by atoms with Gasteiger partial charge in [-0.1, -0.05) is 6.07 Å². The maximum absolute atomic E-state index is 13.3. The second kappa shape index (κ2) is 4.93. The Kier molecular flexibility index (Phi) is 3.85. The average Bonchev–Trinajstić information content (AvgIpc) is 2.20. The second-order valence-corrected chi connectivity index (χ2v) is 2.97. The number of hydrogen-bond acceptors (Lipinski definition) is 3. The van der Waals surface area contributed by atoms with Crippen LogP contribution in [-0.4, -0.2) is 20.7 Å². The lowest BCUT2D eigenvalue weighted by molar-refractivity contribution is 0.385. The van der Waals surface area contributed by atoms with E-state index in [0.717, 1.165) is 5.56 Å². The summed E-state index contributed by atoms with van der Waals surface area (Å²) in [5.74, 6) is -0.112. The van der Waals surface area contributed by atoms with Gasteiger partial charge in [-0.15, -0.1) is 0 Å². The normalized spacial score (nSPS) is 12.6. The van der Waals surface area contributed by atoms with Gasteiger partial charge < -0.3 is 15.8 Å². The van der Waals surface area contributed by atoms with Crippen molar-refractivity contribution in [2.75, 3.05) is 20.7 Å². The number of nitrogens with one attached hydrogen (secondary N) is 1. The Morgan fingerprint density at radius 1 is 1.57 bits per heavy atom. The first-order valence-corrected chi connectivity index (χ1v) is 4.43. The Hall–Kier alpha value is -1.13. The highest BCUT2D eigenvalue weighted by atomic mass is 19.1. The molecule has 4 heteroatoms. The van der Waals surface area contributed by atoms with Gasteiger partial charge in [0.05, 0.1) is 7.11 Å². The fourth-order valence-electron chi connectivity index (χ4n) is 1.32. The van der Waals surface area contributed by atoms with Crippen LogP contribution in [0.2, 0.25) is 0 Å². The van der Waals surface area contributed by atoms with Gasteiger partial charge in [-0.3, -0.25) is 0 Å². The van der Waals surface area contributed by atoms with Gasteiger partial charge in [0.15, 0.2) is 11.6 Å². The van der Waals surface area contributed by atoms with Crippen LogP contribution in [0.25, 0.3) is 0 Å². The van der Waals surface area contributed by atoms with Crippen molar-refractivity contribution in [2.24, 2.45) is 5.73 Å². The molecule has 3 N–H and O–H groups in total. The highest BCUT2D eigenvalue weighted by molar-refractivity contribution is 5.31. The summed E-state index contributed by atoms with van der Waals surface area (Å²) in [5, 5.41) is 3.00. The lowest BCUT2D eigenvalue weighted by Crippen LogP contribution is -2.24. The van der Waals surface area contributed by atoms with Crippen LogP contribution in [0.5, 0.6) is 5.75 Å². The molecule has 0 amide bonds. The summed E-state index contributed by atoms with van der Waals surface area (Å²) in [4.78, 5) is 0. The predicted molar refractivity (Wildman–Crippen MR) is 53.8 cm³/mol. The molecule has 1 rings (SSSR count). The van der Waals surface area contributed by atoms with Gasteiger partial charge in [-0.05, 0) is 24.7 Å². The third kappa shape index (κ3) is 2.21. The van der Waals surface area contributed by atoms with E-state index in [4.69, 9.17) is 10.5 Å². The standard InChI is InChI=1S/C10H15FN2O/c1-13-9(6-12)7-3-4-10(14-2)8(11)5-7/h3-5,9,13H,6,12H2,1-2H3. The third-order valence-electron chi connectivity index (χ3n) is 2.16. The van der Waals surface area contributed by atoms with E-state index in [1.807, 2.05) is 0 Å². The lowest BCUT2D eigenvalue weighted by Gasteiger charge is -2.14. The van der Waals surface area contributed by atoms with Crippen LogP contribution in [0.3, 0.4) is 0 Å². The molecule has 0 aliphatic rings. The lowest BCUT2D eigenvalue weighted by atomic mass is 10.1. The first-order chi connectivity index (χ1) is 6.72. The monoisotopic (exact) mass is 198 g/mol. The van der Waals surface area contributed by atoms with Gasteiger partial charge in [0.2, 0.25) is 0 Å². The number of rotatable bonds is 4. The molecule has 1 aromatic carbocycles. The first kappa shape index (κ1) is 10.9. The Bertz CT molecular complexity index is 300. The van der Waals surface area contributed by atoms with Crippen molar-refractivity contribution < 1.29 is 9.13 Å². The van der Waals surface area contributed by atoms with Crippen molar-refractivity contribution in [3.8, 4) is 5.75 Å². The highest BCUT2D eigenvalue weighted by Crippen LogP contribution is 2.21.